The Hall–Kier alpha value is -1.81. The van der Waals surface area contributed by atoms with Gasteiger partial charge in [-0.25, -0.2) is 8.42 Å². The number of sulfonamides is 1. The Balaban J connectivity index is 2.61. The van der Waals surface area contributed by atoms with Gasteiger partial charge in [0, 0.05) is 6.04 Å². The summed E-state index contributed by atoms with van der Waals surface area (Å²) in [5, 5.41) is 0. The normalized spacial score (nSPS) is 11.7. The van der Waals surface area contributed by atoms with Gasteiger partial charge >= 0.3 is 0 Å². The smallest absolute Gasteiger partial charge is 0.264 e. The molecular formula is C17H21NO2S. The van der Waals surface area contributed by atoms with Crippen molar-refractivity contribution in [3.63, 3.8) is 0 Å². The van der Waals surface area contributed by atoms with Gasteiger partial charge in [-0.3, -0.25) is 4.31 Å². The summed E-state index contributed by atoms with van der Waals surface area (Å²) in [7, 11) is -3.57. The van der Waals surface area contributed by atoms with E-state index in [1.54, 1.807) is 6.07 Å². The number of hydrogen-bond acceptors (Lipinski definition) is 2. The zero-order valence-corrected chi connectivity index (χ0v) is 13.7. The fraction of sp³-hybridized carbons (Fsp3) is 0.294. The van der Waals surface area contributed by atoms with Crippen LogP contribution in [0.25, 0.3) is 0 Å². The van der Waals surface area contributed by atoms with Crippen molar-refractivity contribution >= 4 is 15.7 Å². The standard InChI is InChI=1S/C17H21NO2S/c1-13(2)18(16-8-6-5-7-9-16)21(19,20)17-12-14(3)10-11-15(17)4/h5-13H,1-4H3. The molecule has 0 unspecified atom stereocenters. The molecule has 0 atom stereocenters. The van der Waals surface area contributed by atoms with E-state index < -0.39 is 10.0 Å². The Morgan fingerprint density at radius 2 is 1.57 bits per heavy atom. The number of aryl methyl sites for hydroxylation is 2. The lowest BCUT2D eigenvalue weighted by Crippen LogP contribution is -2.37. The van der Waals surface area contributed by atoms with Crippen molar-refractivity contribution in [1.29, 1.82) is 0 Å². The number of hydrogen-bond donors (Lipinski definition) is 0. The fourth-order valence-corrected chi connectivity index (χ4v) is 4.36. The molecule has 2 aromatic carbocycles. The van der Waals surface area contributed by atoms with E-state index in [9.17, 15) is 8.42 Å². The highest BCUT2D eigenvalue weighted by molar-refractivity contribution is 7.93. The largest absolute Gasteiger partial charge is 0.264 e. The van der Waals surface area contributed by atoms with Crippen LogP contribution in [0.5, 0.6) is 0 Å². The van der Waals surface area contributed by atoms with E-state index in [0.29, 0.717) is 10.6 Å². The van der Waals surface area contributed by atoms with E-state index in [1.807, 2.05) is 70.2 Å². The van der Waals surface area contributed by atoms with Crippen LogP contribution in [0, 0.1) is 13.8 Å². The van der Waals surface area contributed by atoms with Gasteiger partial charge in [0.15, 0.2) is 0 Å². The lowest BCUT2D eigenvalue weighted by Gasteiger charge is -2.29. The van der Waals surface area contributed by atoms with Gasteiger partial charge in [-0.1, -0.05) is 30.3 Å². The van der Waals surface area contributed by atoms with Crippen LogP contribution in [0.4, 0.5) is 5.69 Å². The Morgan fingerprint density at radius 1 is 0.952 bits per heavy atom. The summed E-state index contributed by atoms with van der Waals surface area (Å²) in [6, 6.07) is 14.6. The van der Waals surface area contributed by atoms with Crippen LogP contribution in [0.15, 0.2) is 53.4 Å². The fourth-order valence-electron chi connectivity index (χ4n) is 2.38. The maximum Gasteiger partial charge on any atom is 0.264 e. The van der Waals surface area contributed by atoms with Gasteiger partial charge in [0.25, 0.3) is 10.0 Å². The zero-order chi connectivity index (χ0) is 15.6. The molecule has 4 heteroatoms. The molecule has 0 amide bonds. The third-order valence-corrected chi connectivity index (χ3v) is 5.51. The van der Waals surface area contributed by atoms with Gasteiger partial charge in [-0.2, -0.15) is 0 Å². The van der Waals surface area contributed by atoms with E-state index in [-0.39, 0.29) is 6.04 Å². The van der Waals surface area contributed by atoms with Crippen LogP contribution >= 0.6 is 0 Å². The molecule has 0 heterocycles. The zero-order valence-electron chi connectivity index (χ0n) is 12.9. The van der Waals surface area contributed by atoms with Gasteiger partial charge in [0.1, 0.15) is 0 Å². The van der Waals surface area contributed by atoms with Crippen molar-refractivity contribution in [2.75, 3.05) is 4.31 Å². The Labute approximate surface area is 127 Å². The number of rotatable bonds is 4. The summed E-state index contributed by atoms with van der Waals surface area (Å²) in [6.45, 7) is 7.50. The van der Waals surface area contributed by atoms with E-state index in [2.05, 4.69) is 0 Å². The maximum atomic E-state index is 13.1. The van der Waals surface area contributed by atoms with Crippen molar-refractivity contribution in [1.82, 2.24) is 0 Å². The number of nitrogens with zero attached hydrogens (tertiary/aromatic N) is 1. The first-order valence-corrected chi connectivity index (χ1v) is 8.45. The molecule has 0 N–H and O–H groups in total. The third-order valence-electron chi connectivity index (χ3n) is 3.36. The van der Waals surface area contributed by atoms with Gasteiger partial charge in [-0.05, 0) is 57.0 Å². The van der Waals surface area contributed by atoms with Crippen molar-refractivity contribution in [2.45, 2.75) is 38.6 Å². The highest BCUT2D eigenvalue weighted by Crippen LogP contribution is 2.28. The van der Waals surface area contributed by atoms with Crippen molar-refractivity contribution in [3.05, 3.63) is 59.7 Å². The quantitative estimate of drug-likeness (QED) is 0.859. The van der Waals surface area contributed by atoms with Crippen molar-refractivity contribution in [3.8, 4) is 0 Å². The Morgan fingerprint density at radius 3 is 2.14 bits per heavy atom. The predicted octanol–water partition coefficient (Wildman–Crippen LogP) is 3.91. The molecule has 0 aliphatic rings. The maximum absolute atomic E-state index is 13.1. The number of benzene rings is 2. The minimum absolute atomic E-state index is 0.155. The van der Waals surface area contributed by atoms with Gasteiger partial charge in [0.05, 0.1) is 10.6 Å². The van der Waals surface area contributed by atoms with Crippen LogP contribution in [0.3, 0.4) is 0 Å². The van der Waals surface area contributed by atoms with E-state index in [1.165, 1.54) is 4.31 Å². The first kappa shape index (κ1) is 15.6. The van der Waals surface area contributed by atoms with Crippen molar-refractivity contribution < 1.29 is 8.42 Å². The topological polar surface area (TPSA) is 37.4 Å². The van der Waals surface area contributed by atoms with Crippen LogP contribution in [-0.4, -0.2) is 14.5 Å². The molecule has 0 saturated carbocycles. The van der Waals surface area contributed by atoms with Gasteiger partial charge in [0.2, 0.25) is 0 Å². The highest BCUT2D eigenvalue weighted by atomic mass is 32.2. The molecule has 3 nitrogen and oxygen atoms in total. The summed E-state index contributed by atoms with van der Waals surface area (Å²) in [5.74, 6) is 0. The van der Waals surface area contributed by atoms with Gasteiger partial charge in [-0.15, -0.1) is 0 Å². The SMILES string of the molecule is Cc1ccc(C)c(S(=O)(=O)N(c2ccccc2)C(C)C)c1. The molecule has 0 fully saturated rings. The van der Waals surface area contributed by atoms with Crippen LogP contribution in [0.2, 0.25) is 0 Å². The molecular weight excluding hydrogens is 282 g/mol. The molecule has 0 bridgehead atoms. The average Bonchev–Trinajstić information content (AvgIpc) is 2.42. The Kier molecular flexibility index (Phi) is 4.37. The predicted molar refractivity (Wildman–Crippen MR) is 87.2 cm³/mol. The summed E-state index contributed by atoms with van der Waals surface area (Å²) in [6.07, 6.45) is 0. The van der Waals surface area contributed by atoms with Gasteiger partial charge < -0.3 is 0 Å². The molecule has 0 radical (unpaired) electrons. The lowest BCUT2D eigenvalue weighted by molar-refractivity contribution is 0.583. The van der Waals surface area contributed by atoms with E-state index in [0.717, 1.165) is 11.1 Å². The molecule has 2 aromatic rings. The van der Waals surface area contributed by atoms with Crippen LogP contribution < -0.4 is 4.31 Å². The summed E-state index contributed by atoms with van der Waals surface area (Å²) in [5.41, 5.74) is 2.39. The summed E-state index contributed by atoms with van der Waals surface area (Å²) in [4.78, 5) is 0.375. The molecule has 2 rings (SSSR count). The summed E-state index contributed by atoms with van der Waals surface area (Å²) >= 11 is 0. The molecule has 21 heavy (non-hydrogen) atoms. The summed E-state index contributed by atoms with van der Waals surface area (Å²) < 4.78 is 27.6. The highest BCUT2D eigenvalue weighted by Gasteiger charge is 2.28. The average molecular weight is 303 g/mol. The first-order chi connectivity index (χ1) is 9.84. The molecule has 0 spiro atoms. The molecule has 0 aliphatic carbocycles. The second-order valence-corrected chi connectivity index (χ2v) is 7.28. The number of para-hydroxylation sites is 1. The van der Waals surface area contributed by atoms with Crippen LogP contribution in [-0.2, 0) is 10.0 Å². The molecule has 112 valence electrons. The van der Waals surface area contributed by atoms with E-state index >= 15 is 0 Å². The second-order valence-electron chi connectivity index (χ2n) is 5.50. The number of anilines is 1. The van der Waals surface area contributed by atoms with E-state index in [4.69, 9.17) is 0 Å². The molecule has 0 saturated heterocycles. The third kappa shape index (κ3) is 3.10. The van der Waals surface area contributed by atoms with Crippen LogP contribution in [0.1, 0.15) is 25.0 Å². The minimum atomic E-state index is -3.57. The second kappa shape index (κ2) is 5.90. The first-order valence-electron chi connectivity index (χ1n) is 7.01. The lowest BCUT2D eigenvalue weighted by atomic mass is 10.2. The minimum Gasteiger partial charge on any atom is -0.264 e. The molecule has 0 aliphatic heterocycles. The Bertz CT molecular complexity index is 722. The molecule has 0 aromatic heterocycles. The van der Waals surface area contributed by atoms with Crippen molar-refractivity contribution in [2.24, 2.45) is 0 Å². The monoisotopic (exact) mass is 303 g/mol.